The number of aliphatic carboxylic acids is 1. The van der Waals surface area contributed by atoms with E-state index in [1.807, 2.05) is 0 Å². The molecule has 0 saturated carbocycles. The van der Waals surface area contributed by atoms with Crippen LogP contribution < -0.4 is 5.32 Å². The van der Waals surface area contributed by atoms with Crippen molar-refractivity contribution in [2.75, 3.05) is 18.5 Å². The van der Waals surface area contributed by atoms with Crippen LogP contribution in [0.15, 0.2) is 24.3 Å². The Balaban J connectivity index is 2.50. The van der Waals surface area contributed by atoms with Crippen LogP contribution in [0.3, 0.4) is 0 Å². The maximum Gasteiger partial charge on any atom is 0.338 e. The Labute approximate surface area is 99.4 Å². The molecule has 0 aliphatic carbocycles. The van der Waals surface area contributed by atoms with E-state index in [0.717, 1.165) is 5.69 Å². The highest BCUT2D eigenvalue weighted by Crippen LogP contribution is 2.10. The van der Waals surface area contributed by atoms with Gasteiger partial charge in [-0.1, -0.05) is 0 Å². The summed E-state index contributed by atoms with van der Waals surface area (Å²) in [4.78, 5) is 21.6. The first kappa shape index (κ1) is 13.0. The number of benzene rings is 1. The van der Waals surface area contributed by atoms with E-state index in [-0.39, 0.29) is 12.4 Å². The van der Waals surface area contributed by atoms with Crippen LogP contribution in [0.5, 0.6) is 0 Å². The molecule has 0 radical (unpaired) electrons. The minimum atomic E-state index is -0.847. The lowest BCUT2D eigenvalue weighted by Gasteiger charge is -2.06. The summed E-state index contributed by atoms with van der Waals surface area (Å²) in [6, 6.07) is 6.71. The fraction of sp³-hybridized carbons (Fsp3) is 0.333. The quantitative estimate of drug-likeness (QED) is 0.737. The van der Waals surface area contributed by atoms with Crippen molar-refractivity contribution in [3.05, 3.63) is 29.8 Å². The molecule has 17 heavy (non-hydrogen) atoms. The fourth-order valence-corrected chi connectivity index (χ4v) is 1.25. The Kier molecular flexibility index (Phi) is 5.00. The number of hydrogen-bond acceptors (Lipinski definition) is 4. The molecule has 0 aromatic heterocycles. The van der Waals surface area contributed by atoms with E-state index in [1.165, 1.54) is 0 Å². The van der Waals surface area contributed by atoms with E-state index in [9.17, 15) is 9.59 Å². The van der Waals surface area contributed by atoms with Crippen molar-refractivity contribution in [3.63, 3.8) is 0 Å². The third-order valence-electron chi connectivity index (χ3n) is 2.06. The van der Waals surface area contributed by atoms with Gasteiger partial charge in [0.05, 0.1) is 18.6 Å². The number of carbonyl (C=O) groups is 2. The van der Waals surface area contributed by atoms with Crippen molar-refractivity contribution in [3.8, 4) is 0 Å². The van der Waals surface area contributed by atoms with Crippen molar-refractivity contribution in [1.29, 1.82) is 0 Å². The minimum absolute atomic E-state index is 0.0552. The molecule has 2 N–H and O–H groups in total. The van der Waals surface area contributed by atoms with Gasteiger partial charge in [0, 0.05) is 12.2 Å². The zero-order chi connectivity index (χ0) is 12.7. The van der Waals surface area contributed by atoms with E-state index < -0.39 is 5.97 Å². The standard InChI is InChI=1S/C12H15NO4/c1-2-17-12(16)9-3-5-10(6-4-9)13-8-7-11(14)15/h3-6,13H,2,7-8H2,1H3,(H,14,15). The lowest BCUT2D eigenvalue weighted by atomic mass is 10.2. The van der Waals surface area contributed by atoms with Crippen LogP contribution in [-0.2, 0) is 9.53 Å². The van der Waals surface area contributed by atoms with Crippen LogP contribution in [0.4, 0.5) is 5.69 Å². The predicted molar refractivity (Wildman–Crippen MR) is 63.1 cm³/mol. The van der Waals surface area contributed by atoms with Gasteiger partial charge in [0.25, 0.3) is 0 Å². The number of anilines is 1. The monoisotopic (exact) mass is 237 g/mol. The molecule has 1 aromatic carbocycles. The second kappa shape index (κ2) is 6.52. The lowest BCUT2D eigenvalue weighted by molar-refractivity contribution is -0.136. The number of nitrogens with one attached hydrogen (secondary N) is 1. The van der Waals surface area contributed by atoms with Gasteiger partial charge in [-0.3, -0.25) is 4.79 Å². The molecule has 0 fully saturated rings. The molecule has 0 amide bonds. The summed E-state index contributed by atoms with van der Waals surface area (Å²) in [6.45, 7) is 2.45. The van der Waals surface area contributed by atoms with E-state index in [2.05, 4.69) is 5.32 Å². The number of esters is 1. The predicted octanol–water partition coefficient (Wildman–Crippen LogP) is 1.75. The second-order valence-corrected chi connectivity index (χ2v) is 3.37. The van der Waals surface area contributed by atoms with Gasteiger partial charge in [-0.15, -0.1) is 0 Å². The summed E-state index contributed by atoms with van der Waals surface area (Å²) >= 11 is 0. The average Bonchev–Trinajstić information content (AvgIpc) is 2.30. The maximum atomic E-state index is 11.3. The largest absolute Gasteiger partial charge is 0.481 e. The Bertz CT molecular complexity index is 386. The highest BCUT2D eigenvalue weighted by molar-refractivity contribution is 5.89. The molecule has 0 atom stereocenters. The molecule has 0 heterocycles. The molecular formula is C12H15NO4. The molecule has 1 rings (SSSR count). The molecule has 5 heteroatoms. The number of ether oxygens (including phenoxy) is 1. The van der Waals surface area contributed by atoms with E-state index in [0.29, 0.717) is 18.7 Å². The molecule has 0 aliphatic rings. The van der Waals surface area contributed by atoms with Gasteiger partial charge in [0.1, 0.15) is 0 Å². The first-order valence-electron chi connectivity index (χ1n) is 5.36. The third-order valence-corrected chi connectivity index (χ3v) is 2.06. The van der Waals surface area contributed by atoms with Crippen LogP contribution in [0.25, 0.3) is 0 Å². The number of rotatable bonds is 6. The zero-order valence-electron chi connectivity index (χ0n) is 9.60. The van der Waals surface area contributed by atoms with Crippen molar-refractivity contribution in [1.82, 2.24) is 0 Å². The van der Waals surface area contributed by atoms with Gasteiger partial charge in [-0.05, 0) is 31.2 Å². The molecule has 0 bridgehead atoms. The summed E-state index contributed by atoms with van der Waals surface area (Å²) in [6.07, 6.45) is 0.0552. The Morgan fingerprint density at radius 3 is 2.47 bits per heavy atom. The average molecular weight is 237 g/mol. The molecule has 0 spiro atoms. The summed E-state index contributed by atoms with van der Waals surface area (Å²) in [5.74, 6) is -1.20. The van der Waals surface area contributed by atoms with Gasteiger partial charge >= 0.3 is 11.9 Å². The van der Waals surface area contributed by atoms with Crippen LogP contribution in [0, 0.1) is 0 Å². The van der Waals surface area contributed by atoms with Crippen molar-refractivity contribution >= 4 is 17.6 Å². The molecule has 0 unspecified atom stereocenters. The highest BCUT2D eigenvalue weighted by Gasteiger charge is 2.05. The van der Waals surface area contributed by atoms with Gasteiger partial charge in [-0.25, -0.2) is 4.79 Å². The van der Waals surface area contributed by atoms with E-state index >= 15 is 0 Å². The summed E-state index contributed by atoms with van der Waals surface area (Å²) < 4.78 is 4.84. The Hall–Kier alpha value is -2.04. The normalized spacial score (nSPS) is 9.71. The van der Waals surface area contributed by atoms with Crippen molar-refractivity contribution in [2.45, 2.75) is 13.3 Å². The second-order valence-electron chi connectivity index (χ2n) is 3.37. The zero-order valence-corrected chi connectivity index (χ0v) is 9.60. The number of carboxylic acid groups (broad SMARTS) is 1. The summed E-state index contributed by atoms with van der Waals surface area (Å²) in [7, 11) is 0. The SMILES string of the molecule is CCOC(=O)c1ccc(NCCC(=O)O)cc1. The molecule has 0 aliphatic heterocycles. The smallest absolute Gasteiger partial charge is 0.338 e. The fourth-order valence-electron chi connectivity index (χ4n) is 1.25. The molecule has 0 saturated heterocycles. The maximum absolute atomic E-state index is 11.3. The van der Waals surface area contributed by atoms with E-state index in [1.54, 1.807) is 31.2 Å². The first-order chi connectivity index (χ1) is 8.13. The summed E-state index contributed by atoms with van der Waals surface area (Å²) in [5, 5.41) is 11.4. The molecular weight excluding hydrogens is 222 g/mol. The topological polar surface area (TPSA) is 75.6 Å². The van der Waals surface area contributed by atoms with Gasteiger partial charge in [0.15, 0.2) is 0 Å². The number of hydrogen-bond donors (Lipinski definition) is 2. The minimum Gasteiger partial charge on any atom is -0.481 e. The third kappa shape index (κ3) is 4.55. The molecule has 92 valence electrons. The Morgan fingerprint density at radius 2 is 1.94 bits per heavy atom. The highest BCUT2D eigenvalue weighted by atomic mass is 16.5. The van der Waals surface area contributed by atoms with Gasteiger partial charge < -0.3 is 15.2 Å². The number of carboxylic acids is 1. The van der Waals surface area contributed by atoms with Crippen LogP contribution in [-0.4, -0.2) is 30.2 Å². The van der Waals surface area contributed by atoms with Crippen LogP contribution >= 0.6 is 0 Å². The molecule has 5 nitrogen and oxygen atoms in total. The number of carbonyl (C=O) groups excluding carboxylic acids is 1. The van der Waals surface area contributed by atoms with Crippen LogP contribution in [0.1, 0.15) is 23.7 Å². The Morgan fingerprint density at radius 1 is 1.29 bits per heavy atom. The first-order valence-corrected chi connectivity index (χ1v) is 5.36. The van der Waals surface area contributed by atoms with Crippen molar-refractivity contribution in [2.24, 2.45) is 0 Å². The van der Waals surface area contributed by atoms with Crippen molar-refractivity contribution < 1.29 is 19.4 Å². The molecule has 1 aromatic rings. The van der Waals surface area contributed by atoms with Gasteiger partial charge in [0.2, 0.25) is 0 Å². The van der Waals surface area contributed by atoms with Gasteiger partial charge in [-0.2, -0.15) is 0 Å². The van der Waals surface area contributed by atoms with E-state index in [4.69, 9.17) is 9.84 Å². The van der Waals surface area contributed by atoms with Crippen LogP contribution in [0.2, 0.25) is 0 Å². The lowest BCUT2D eigenvalue weighted by Crippen LogP contribution is -2.08. The summed E-state index contributed by atoms with van der Waals surface area (Å²) in [5.41, 5.74) is 1.26.